The van der Waals surface area contributed by atoms with Crippen LogP contribution in [0.3, 0.4) is 0 Å². The summed E-state index contributed by atoms with van der Waals surface area (Å²) in [5.41, 5.74) is 7.72. The number of benzene rings is 3. The van der Waals surface area contributed by atoms with E-state index in [-0.39, 0.29) is 22.0 Å². The average molecular weight is 455 g/mol. The fourth-order valence-electron chi connectivity index (χ4n) is 3.31. The van der Waals surface area contributed by atoms with Crippen molar-refractivity contribution in [2.75, 3.05) is 31.9 Å². The quantitative estimate of drug-likeness (QED) is 0.322. The summed E-state index contributed by atoms with van der Waals surface area (Å²) in [4.78, 5) is 24.9. The first-order valence-corrected chi connectivity index (χ1v) is 9.88. The summed E-state index contributed by atoms with van der Waals surface area (Å²) in [6, 6.07) is 13.8. The first-order valence-electron chi connectivity index (χ1n) is 9.50. The van der Waals surface area contributed by atoms with Gasteiger partial charge in [-0.2, -0.15) is 0 Å². The lowest BCUT2D eigenvalue weighted by Gasteiger charge is -2.12. The van der Waals surface area contributed by atoms with Gasteiger partial charge in [0, 0.05) is 22.9 Å². The molecule has 0 saturated carbocycles. The van der Waals surface area contributed by atoms with Crippen LogP contribution >= 0.6 is 11.6 Å². The summed E-state index contributed by atoms with van der Waals surface area (Å²) >= 11 is 5.98. The molecule has 164 valence electrons. The Morgan fingerprint density at radius 1 is 1.00 bits per heavy atom. The Hall–Kier alpha value is -3.91. The molecule has 1 aromatic heterocycles. The van der Waals surface area contributed by atoms with Crippen molar-refractivity contribution in [3.05, 3.63) is 59.1 Å². The number of hydrogen-bond donors (Lipinski definition) is 2. The highest BCUT2D eigenvalue weighted by Gasteiger charge is 2.19. The van der Waals surface area contributed by atoms with E-state index in [0.29, 0.717) is 17.0 Å². The number of carbonyl (C=O) groups excluding carboxylic acids is 2. The van der Waals surface area contributed by atoms with Crippen molar-refractivity contribution >= 4 is 56.8 Å². The first kappa shape index (κ1) is 21.3. The molecule has 9 heteroatoms. The Bertz CT molecular complexity index is 1350. The fourth-order valence-corrected chi connectivity index (χ4v) is 3.47. The van der Waals surface area contributed by atoms with E-state index in [1.807, 2.05) is 24.3 Å². The van der Waals surface area contributed by atoms with Crippen LogP contribution in [-0.4, -0.2) is 32.7 Å². The number of nitrogens with one attached hydrogen (secondary N) is 1. The molecule has 32 heavy (non-hydrogen) atoms. The second-order valence-corrected chi connectivity index (χ2v) is 7.25. The zero-order chi connectivity index (χ0) is 22.8. The number of halogens is 1. The third kappa shape index (κ3) is 4.00. The van der Waals surface area contributed by atoms with E-state index >= 15 is 0 Å². The minimum absolute atomic E-state index is 0.0563. The maximum Gasteiger partial charge on any atom is 0.342 e. The number of nitrogens with two attached hydrogens (primary N) is 1. The molecular weight excluding hydrogens is 436 g/mol. The summed E-state index contributed by atoms with van der Waals surface area (Å²) < 4.78 is 21.5. The summed E-state index contributed by atoms with van der Waals surface area (Å²) in [6.07, 6.45) is 0. The molecule has 0 unspecified atom stereocenters. The predicted octanol–water partition coefficient (Wildman–Crippen LogP) is 4.63. The molecule has 4 aromatic rings. The van der Waals surface area contributed by atoms with E-state index in [4.69, 9.17) is 36.0 Å². The van der Waals surface area contributed by atoms with Gasteiger partial charge in [-0.05, 0) is 18.2 Å². The molecule has 0 radical (unpaired) electrons. The predicted molar refractivity (Wildman–Crippen MR) is 122 cm³/mol. The van der Waals surface area contributed by atoms with Crippen LogP contribution in [0.1, 0.15) is 10.4 Å². The van der Waals surface area contributed by atoms with Crippen LogP contribution in [0.2, 0.25) is 5.02 Å². The van der Waals surface area contributed by atoms with E-state index < -0.39 is 18.5 Å². The van der Waals surface area contributed by atoms with Gasteiger partial charge in [0.1, 0.15) is 28.2 Å². The summed E-state index contributed by atoms with van der Waals surface area (Å²) in [5, 5.41) is 4.64. The van der Waals surface area contributed by atoms with Gasteiger partial charge in [0.15, 0.2) is 6.61 Å². The number of esters is 1. The van der Waals surface area contributed by atoms with Gasteiger partial charge in [0.05, 0.1) is 30.6 Å². The van der Waals surface area contributed by atoms with Crippen LogP contribution in [0.15, 0.2) is 52.9 Å². The Balaban J connectivity index is 1.51. The Kier molecular flexibility index (Phi) is 5.79. The van der Waals surface area contributed by atoms with Crippen LogP contribution in [0.4, 0.5) is 11.4 Å². The van der Waals surface area contributed by atoms with Gasteiger partial charge in [-0.25, -0.2) is 4.79 Å². The van der Waals surface area contributed by atoms with Crippen LogP contribution in [0.5, 0.6) is 11.5 Å². The standard InChI is InChI=1S/C23H19ClN2O6/c1-29-19-9-16(25)15(24)7-14(19)23(28)31-11-22(27)26-17-10-20-13(8-21(17)30-2)12-5-3-4-6-18(12)32-20/h3-10H,11,25H2,1-2H3,(H,26,27). The van der Waals surface area contributed by atoms with Gasteiger partial charge in [-0.15, -0.1) is 0 Å². The monoisotopic (exact) mass is 454 g/mol. The number of nitrogen functional groups attached to an aromatic ring is 1. The van der Waals surface area contributed by atoms with Crippen molar-refractivity contribution in [3.8, 4) is 11.5 Å². The molecule has 0 atom stereocenters. The highest BCUT2D eigenvalue weighted by molar-refractivity contribution is 6.33. The highest BCUT2D eigenvalue weighted by Crippen LogP contribution is 2.36. The molecular formula is C23H19ClN2O6. The van der Waals surface area contributed by atoms with Crippen LogP contribution in [-0.2, 0) is 9.53 Å². The number of hydrogen-bond acceptors (Lipinski definition) is 7. The molecule has 8 nitrogen and oxygen atoms in total. The van der Waals surface area contributed by atoms with Crippen LogP contribution in [0.25, 0.3) is 21.9 Å². The normalized spacial score (nSPS) is 10.8. The minimum atomic E-state index is -0.779. The van der Waals surface area contributed by atoms with Crippen molar-refractivity contribution < 1.29 is 28.2 Å². The molecule has 4 rings (SSSR count). The molecule has 1 heterocycles. The van der Waals surface area contributed by atoms with Crippen molar-refractivity contribution in [3.63, 3.8) is 0 Å². The molecule has 0 fully saturated rings. The Labute approximate surface area is 187 Å². The maximum atomic E-state index is 12.4. The molecule has 3 N–H and O–H groups in total. The SMILES string of the molecule is COc1cc2c(cc1NC(=O)COC(=O)c1cc(Cl)c(N)cc1OC)oc1ccccc12. The average Bonchev–Trinajstić information content (AvgIpc) is 3.15. The molecule has 0 aliphatic rings. The number of para-hydroxylation sites is 1. The number of furan rings is 1. The number of amides is 1. The van der Waals surface area contributed by atoms with E-state index in [1.165, 1.54) is 26.4 Å². The van der Waals surface area contributed by atoms with Gasteiger partial charge in [0.25, 0.3) is 5.91 Å². The van der Waals surface area contributed by atoms with Gasteiger partial charge >= 0.3 is 5.97 Å². The lowest BCUT2D eigenvalue weighted by molar-refractivity contribution is -0.119. The lowest BCUT2D eigenvalue weighted by atomic mass is 10.1. The Morgan fingerprint density at radius 3 is 2.50 bits per heavy atom. The van der Waals surface area contributed by atoms with Crippen molar-refractivity contribution in [2.45, 2.75) is 0 Å². The smallest absolute Gasteiger partial charge is 0.342 e. The largest absolute Gasteiger partial charge is 0.496 e. The fraction of sp³-hybridized carbons (Fsp3) is 0.130. The van der Waals surface area contributed by atoms with E-state index in [9.17, 15) is 9.59 Å². The minimum Gasteiger partial charge on any atom is -0.496 e. The van der Waals surface area contributed by atoms with Gasteiger partial charge in [0.2, 0.25) is 0 Å². The number of anilines is 2. The number of fused-ring (bicyclic) bond motifs is 3. The zero-order valence-corrected chi connectivity index (χ0v) is 18.0. The maximum absolute atomic E-state index is 12.4. The van der Waals surface area contributed by atoms with E-state index in [0.717, 1.165) is 16.4 Å². The van der Waals surface area contributed by atoms with E-state index in [1.54, 1.807) is 12.1 Å². The molecule has 0 spiro atoms. The molecule has 1 amide bonds. The topological polar surface area (TPSA) is 113 Å². The van der Waals surface area contributed by atoms with Crippen molar-refractivity contribution in [1.29, 1.82) is 0 Å². The van der Waals surface area contributed by atoms with Gasteiger partial charge in [-0.1, -0.05) is 29.8 Å². The lowest BCUT2D eigenvalue weighted by Crippen LogP contribution is -2.21. The molecule has 3 aromatic carbocycles. The molecule has 0 aliphatic carbocycles. The van der Waals surface area contributed by atoms with Crippen LogP contribution in [0, 0.1) is 0 Å². The second-order valence-electron chi connectivity index (χ2n) is 6.85. The molecule has 0 aliphatic heterocycles. The van der Waals surface area contributed by atoms with Crippen molar-refractivity contribution in [1.82, 2.24) is 0 Å². The number of ether oxygens (including phenoxy) is 3. The second kappa shape index (κ2) is 8.68. The van der Waals surface area contributed by atoms with Gasteiger partial charge in [-0.3, -0.25) is 4.79 Å². The Morgan fingerprint density at radius 2 is 1.75 bits per heavy atom. The highest BCUT2D eigenvalue weighted by atomic mass is 35.5. The summed E-state index contributed by atoms with van der Waals surface area (Å²) in [7, 11) is 2.88. The third-order valence-electron chi connectivity index (χ3n) is 4.85. The number of methoxy groups -OCH3 is 2. The van der Waals surface area contributed by atoms with Crippen molar-refractivity contribution in [2.24, 2.45) is 0 Å². The summed E-state index contributed by atoms with van der Waals surface area (Å²) in [5.74, 6) is -0.712. The number of carbonyl (C=O) groups is 2. The van der Waals surface area contributed by atoms with Gasteiger partial charge < -0.3 is 29.7 Å². The van der Waals surface area contributed by atoms with E-state index in [2.05, 4.69) is 5.32 Å². The zero-order valence-electron chi connectivity index (χ0n) is 17.2. The molecule has 0 bridgehead atoms. The molecule has 0 saturated heterocycles. The summed E-state index contributed by atoms with van der Waals surface area (Å²) in [6.45, 7) is -0.536. The van der Waals surface area contributed by atoms with Crippen LogP contribution < -0.4 is 20.5 Å². The first-order chi connectivity index (χ1) is 15.4. The number of rotatable bonds is 6. The third-order valence-corrected chi connectivity index (χ3v) is 5.17.